The summed E-state index contributed by atoms with van der Waals surface area (Å²) < 4.78 is 2.06. The summed E-state index contributed by atoms with van der Waals surface area (Å²) in [6.07, 6.45) is 3.98. The molecule has 0 aliphatic heterocycles. The fourth-order valence-electron chi connectivity index (χ4n) is 1.69. The Morgan fingerprint density at radius 2 is 1.88 bits per heavy atom. The first-order valence-corrected chi connectivity index (χ1v) is 5.64. The van der Waals surface area contributed by atoms with Crippen LogP contribution in [-0.4, -0.2) is 14.8 Å². The van der Waals surface area contributed by atoms with Crippen molar-refractivity contribution in [1.82, 2.24) is 14.8 Å². The van der Waals surface area contributed by atoms with Crippen molar-refractivity contribution in [3.63, 3.8) is 0 Å². The number of rotatable bonds is 3. The summed E-state index contributed by atoms with van der Waals surface area (Å²) in [5, 5.41) is 8.18. The van der Waals surface area contributed by atoms with E-state index < -0.39 is 0 Å². The van der Waals surface area contributed by atoms with Crippen molar-refractivity contribution in [3.8, 4) is 0 Å². The second-order valence-electron chi connectivity index (χ2n) is 3.85. The van der Waals surface area contributed by atoms with Crippen molar-refractivity contribution in [3.05, 3.63) is 41.5 Å². The van der Waals surface area contributed by atoms with E-state index >= 15 is 0 Å². The fraction of sp³-hybridized carbons (Fsp3) is 0.231. The van der Waals surface area contributed by atoms with E-state index in [4.69, 9.17) is 5.73 Å². The second kappa shape index (κ2) is 4.82. The molecule has 1 heterocycles. The van der Waals surface area contributed by atoms with Crippen LogP contribution >= 0.6 is 0 Å². The third-order valence-electron chi connectivity index (χ3n) is 2.64. The molecule has 4 heteroatoms. The van der Waals surface area contributed by atoms with Gasteiger partial charge in [0.05, 0.1) is 0 Å². The highest BCUT2D eigenvalue weighted by atomic mass is 15.3. The molecule has 1 aromatic heterocycles. The van der Waals surface area contributed by atoms with Gasteiger partial charge in [-0.15, -0.1) is 10.2 Å². The lowest BCUT2D eigenvalue weighted by atomic mass is 10.2. The predicted molar refractivity (Wildman–Crippen MR) is 70.2 cm³/mol. The topological polar surface area (TPSA) is 56.7 Å². The number of nitrogen functional groups attached to an aromatic ring is 1. The molecule has 0 bridgehead atoms. The number of benzene rings is 1. The zero-order valence-electron chi connectivity index (χ0n) is 10.1. The van der Waals surface area contributed by atoms with Crippen LogP contribution in [0.25, 0.3) is 12.2 Å². The van der Waals surface area contributed by atoms with Gasteiger partial charge in [0.1, 0.15) is 5.82 Å². The summed E-state index contributed by atoms with van der Waals surface area (Å²) >= 11 is 0. The van der Waals surface area contributed by atoms with Crippen molar-refractivity contribution in [2.75, 3.05) is 5.73 Å². The summed E-state index contributed by atoms with van der Waals surface area (Å²) in [6, 6.07) is 7.72. The van der Waals surface area contributed by atoms with Crippen LogP contribution in [-0.2, 0) is 6.54 Å². The molecule has 0 spiro atoms. The Bertz CT molecular complexity index is 523. The van der Waals surface area contributed by atoms with Crippen LogP contribution in [0.5, 0.6) is 0 Å². The third kappa shape index (κ3) is 2.53. The van der Waals surface area contributed by atoms with Gasteiger partial charge in [-0.1, -0.05) is 18.2 Å². The van der Waals surface area contributed by atoms with Gasteiger partial charge in [-0.3, -0.25) is 0 Å². The van der Waals surface area contributed by atoms with E-state index in [2.05, 4.69) is 21.7 Å². The lowest BCUT2D eigenvalue weighted by Gasteiger charge is -2.00. The van der Waals surface area contributed by atoms with Crippen molar-refractivity contribution in [2.24, 2.45) is 0 Å². The molecule has 0 radical (unpaired) electrons. The van der Waals surface area contributed by atoms with Crippen molar-refractivity contribution >= 4 is 17.8 Å². The van der Waals surface area contributed by atoms with E-state index in [1.165, 1.54) is 0 Å². The van der Waals surface area contributed by atoms with Gasteiger partial charge in [-0.05, 0) is 37.6 Å². The zero-order valence-corrected chi connectivity index (χ0v) is 10.1. The second-order valence-corrected chi connectivity index (χ2v) is 3.85. The van der Waals surface area contributed by atoms with Gasteiger partial charge in [-0.25, -0.2) is 0 Å². The molecular weight excluding hydrogens is 212 g/mol. The SMILES string of the molecule is CCn1c(C)nnc1/C=C/c1ccc(N)cc1. The summed E-state index contributed by atoms with van der Waals surface area (Å²) in [4.78, 5) is 0. The first-order valence-electron chi connectivity index (χ1n) is 5.64. The molecule has 0 atom stereocenters. The van der Waals surface area contributed by atoms with Crippen LogP contribution < -0.4 is 5.73 Å². The van der Waals surface area contributed by atoms with Crippen LogP contribution in [0.15, 0.2) is 24.3 Å². The Labute approximate surface area is 101 Å². The molecule has 0 fully saturated rings. The summed E-state index contributed by atoms with van der Waals surface area (Å²) in [7, 11) is 0. The van der Waals surface area contributed by atoms with E-state index in [-0.39, 0.29) is 0 Å². The summed E-state index contributed by atoms with van der Waals surface area (Å²) in [5.74, 6) is 1.81. The average Bonchev–Trinajstić information content (AvgIpc) is 2.69. The lowest BCUT2D eigenvalue weighted by molar-refractivity contribution is 0.723. The minimum Gasteiger partial charge on any atom is -0.399 e. The highest BCUT2D eigenvalue weighted by Gasteiger charge is 2.02. The van der Waals surface area contributed by atoms with E-state index in [9.17, 15) is 0 Å². The molecule has 17 heavy (non-hydrogen) atoms. The van der Waals surface area contributed by atoms with E-state index in [0.29, 0.717) is 0 Å². The largest absolute Gasteiger partial charge is 0.399 e. The minimum atomic E-state index is 0.773. The maximum atomic E-state index is 5.63. The molecule has 2 aromatic rings. The van der Waals surface area contributed by atoms with Gasteiger partial charge in [0.25, 0.3) is 0 Å². The molecule has 0 unspecified atom stereocenters. The zero-order chi connectivity index (χ0) is 12.3. The normalized spacial score (nSPS) is 11.2. The first kappa shape index (κ1) is 11.4. The van der Waals surface area contributed by atoms with Gasteiger partial charge in [0.15, 0.2) is 5.82 Å². The van der Waals surface area contributed by atoms with Crippen LogP contribution in [0.4, 0.5) is 5.69 Å². The first-order chi connectivity index (χ1) is 8.20. The average molecular weight is 228 g/mol. The van der Waals surface area contributed by atoms with Gasteiger partial charge in [0.2, 0.25) is 0 Å². The van der Waals surface area contributed by atoms with Crippen LogP contribution in [0.2, 0.25) is 0 Å². The van der Waals surface area contributed by atoms with Crippen LogP contribution in [0.1, 0.15) is 24.1 Å². The van der Waals surface area contributed by atoms with E-state index in [1.54, 1.807) is 0 Å². The molecule has 1 aromatic carbocycles. The Morgan fingerprint density at radius 1 is 1.18 bits per heavy atom. The summed E-state index contributed by atoms with van der Waals surface area (Å²) in [6.45, 7) is 4.91. The molecule has 0 aliphatic rings. The maximum absolute atomic E-state index is 5.63. The molecule has 88 valence electrons. The minimum absolute atomic E-state index is 0.773. The molecular formula is C13H16N4. The number of anilines is 1. The lowest BCUT2D eigenvalue weighted by Crippen LogP contribution is -1.99. The number of aromatic nitrogens is 3. The standard InChI is InChI=1S/C13H16N4/c1-3-17-10(2)15-16-13(17)9-6-11-4-7-12(14)8-5-11/h4-9H,3,14H2,1-2H3/b9-6+. The Balaban J connectivity index is 2.22. The summed E-state index contributed by atoms with van der Waals surface area (Å²) in [5.41, 5.74) is 7.50. The van der Waals surface area contributed by atoms with Crippen molar-refractivity contribution in [1.29, 1.82) is 0 Å². The number of aryl methyl sites for hydroxylation is 1. The Morgan fingerprint density at radius 3 is 2.53 bits per heavy atom. The van der Waals surface area contributed by atoms with Gasteiger partial charge >= 0.3 is 0 Å². The smallest absolute Gasteiger partial charge is 0.156 e. The van der Waals surface area contributed by atoms with E-state index in [1.807, 2.05) is 43.3 Å². The molecule has 0 saturated heterocycles. The predicted octanol–water partition coefficient (Wildman–Crippen LogP) is 2.36. The molecule has 0 amide bonds. The van der Waals surface area contributed by atoms with Gasteiger partial charge < -0.3 is 10.3 Å². The number of hydrogen-bond acceptors (Lipinski definition) is 3. The van der Waals surface area contributed by atoms with Gasteiger partial charge in [-0.2, -0.15) is 0 Å². The quantitative estimate of drug-likeness (QED) is 0.820. The number of hydrogen-bond donors (Lipinski definition) is 1. The van der Waals surface area contributed by atoms with Crippen LogP contribution in [0.3, 0.4) is 0 Å². The molecule has 0 aliphatic carbocycles. The third-order valence-corrected chi connectivity index (χ3v) is 2.64. The molecule has 2 rings (SSSR count). The number of nitrogens with zero attached hydrogens (tertiary/aromatic N) is 3. The highest BCUT2D eigenvalue weighted by molar-refractivity contribution is 5.67. The van der Waals surface area contributed by atoms with Crippen molar-refractivity contribution < 1.29 is 0 Å². The molecule has 4 nitrogen and oxygen atoms in total. The monoisotopic (exact) mass is 228 g/mol. The number of nitrogens with two attached hydrogens (primary N) is 1. The molecule has 2 N–H and O–H groups in total. The van der Waals surface area contributed by atoms with Gasteiger partial charge in [0, 0.05) is 12.2 Å². The molecule has 0 saturated carbocycles. The Hall–Kier alpha value is -2.10. The van der Waals surface area contributed by atoms with Crippen LogP contribution in [0, 0.1) is 6.92 Å². The highest BCUT2D eigenvalue weighted by Crippen LogP contribution is 2.10. The Kier molecular flexibility index (Phi) is 3.23. The fourth-order valence-corrected chi connectivity index (χ4v) is 1.69. The van der Waals surface area contributed by atoms with E-state index in [0.717, 1.165) is 29.4 Å². The maximum Gasteiger partial charge on any atom is 0.156 e. The van der Waals surface area contributed by atoms with Crippen molar-refractivity contribution in [2.45, 2.75) is 20.4 Å².